The molecule has 2 aromatic carbocycles. The zero-order chi connectivity index (χ0) is 22.6. The highest BCUT2D eigenvalue weighted by Crippen LogP contribution is 2.22. The van der Waals surface area contributed by atoms with Crippen molar-refractivity contribution in [1.82, 2.24) is 14.9 Å². The highest BCUT2D eigenvalue weighted by molar-refractivity contribution is 6.10. The summed E-state index contributed by atoms with van der Waals surface area (Å²) in [4.78, 5) is 37.2. The summed E-state index contributed by atoms with van der Waals surface area (Å²) >= 11 is 0. The number of nitrogens with one attached hydrogen (secondary N) is 1. The lowest BCUT2D eigenvalue weighted by Crippen LogP contribution is -2.42. The maximum atomic E-state index is 13.5. The van der Waals surface area contributed by atoms with Crippen molar-refractivity contribution in [3.63, 3.8) is 0 Å². The number of nitrogens with zero attached hydrogens (tertiary/aromatic N) is 3. The highest BCUT2D eigenvalue weighted by Gasteiger charge is 2.30. The SMILES string of the molecule is O=C(CN(C(=O)c1ccc2cc[nH]c2c1)c1ccccc1)N1CC[C@@H](Oc2cccnc2)C1. The quantitative estimate of drug-likeness (QED) is 0.493. The van der Waals surface area contributed by atoms with Gasteiger partial charge in [0.25, 0.3) is 5.91 Å². The minimum absolute atomic E-state index is 0.0365. The highest BCUT2D eigenvalue weighted by atomic mass is 16.5. The number of carbonyl (C=O) groups excluding carboxylic acids is 2. The molecule has 2 aromatic heterocycles. The molecule has 166 valence electrons. The van der Waals surface area contributed by atoms with Crippen LogP contribution in [0, 0.1) is 0 Å². The van der Waals surface area contributed by atoms with Crippen molar-refractivity contribution in [2.75, 3.05) is 24.5 Å². The molecule has 0 spiro atoms. The van der Waals surface area contributed by atoms with E-state index in [1.807, 2.05) is 66.9 Å². The summed E-state index contributed by atoms with van der Waals surface area (Å²) in [6, 6.07) is 20.5. The fraction of sp³-hybridized carbons (Fsp3) is 0.192. The molecule has 0 saturated carbocycles. The largest absolute Gasteiger partial charge is 0.487 e. The molecule has 5 rings (SSSR count). The van der Waals surface area contributed by atoms with Crippen LogP contribution in [0.5, 0.6) is 5.75 Å². The molecule has 2 amide bonds. The van der Waals surface area contributed by atoms with E-state index in [-0.39, 0.29) is 24.5 Å². The van der Waals surface area contributed by atoms with Crippen molar-refractivity contribution < 1.29 is 14.3 Å². The van der Waals surface area contributed by atoms with E-state index in [0.29, 0.717) is 30.1 Å². The van der Waals surface area contributed by atoms with Crippen LogP contribution in [0.2, 0.25) is 0 Å². The van der Waals surface area contributed by atoms with Crippen molar-refractivity contribution in [3.8, 4) is 5.75 Å². The molecule has 1 atom stereocenters. The van der Waals surface area contributed by atoms with E-state index in [0.717, 1.165) is 17.3 Å². The molecule has 1 fully saturated rings. The molecule has 3 heterocycles. The number of amides is 2. The summed E-state index contributed by atoms with van der Waals surface area (Å²) in [6.07, 6.45) is 5.86. The number of para-hydroxylation sites is 1. The normalized spacial score (nSPS) is 15.5. The van der Waals surface area contributed by atoms with Crippen molar-refractivity contribution in [3.05, 3.63) is 90.9 Å². The molecule has 0 aliphatic carbocycles. The van der Waals surface area contributed by atoms with Crippen LogP contribution in [0.1, 0.15) is 16.8 Å². The molecule has 7 heteroatoms. The molecular weight excluding hydrogens is 416 g/mol. The lowest BCUT2D eigenvalue weighted by atomic mass is 10.1. The lowest BCUT2D eigenvalue weighted by Gasteiger charge is -2.25. The monoisotopic (exact) mass is 440 g/mol. The van der Waals surface area contributed by atoms with Crippen LogP contribution in [0.4, 0.5) is 5.69 Å². The number of hydrogen-bond acceptors (Lipinski definition) is 4. The minimum atomic E-state index is -0.214. The van der Waals surface area contributed by atoms with Gasteiger partial charge < -0.3 is 14.6 Å². The average molecular weight is 441 g/mol. The third-order valence-electron chi connectivity index (χ3n) is 5.84. The minimum Gasteiger partial charge on any atom is -0.487 e. The van der Waals surface area contributed by atoms with E-state index in [1.165, 1.54) is 0 Å². The maximum Gasteiger partial charge on any atom is 0.258 e. The number of benzene rings is 2. The Morgan fingerprint density at radius 2 is 1.97 bits per heavy atom. The number of hydrogen-bond donors (Lipinski definition) is 1. The van der Waals surface area contributed by atoms with E-state index in [4.69, 9.17) is 4.74 Å². The van der Waals surface area contributed by atoms with Crippen molar-refractivity contribution in [1.29, 1.82) is 0 Å². The Hall–Kier alpha value is -4.13. The Kier molecular flexibility index (Phi) is 5.76. The van der Waals surface area contributed by atoms with Gasteiger partial charge in [-0.2, -0.15) is 0 Å². The Balaban J connectivity index is 1.32. The number of ether oxygens (including phenoxy) is 1. The number of aromatic amines is 1. The summed E-state index contributed by atoms with van der Waals surface area (Å²) in [6.45, 7) is 1.04. The first-order chi connectivity index (χ1) is 16.2. The molecule has 4 aromatic rings. The second-order valence-corrected chi connectivity index (χ2v) is 8.06. The Labute approximate surface area is 191 Å². The van der Waals surface area contributed by atoms with Crippen LogP contribution in [-0.4, -0.2) is 52.4 Å². The molecule has 1 N–H and O–H groups in total. The zero-order valence-corrected chi connectivity index (χ0v) is 18.1. The second-order valence-electron chi connectivity index (χ2n) is 8.06. The number of rotatable bonds is 6. The molecule has 1 aliphatic heterocycles. The first-order valence-corrected chi connectivity index (χ1v) is 11.0. The molecular formula is C26H24N4O3. The number of aromatic nitrogens is 2. The number of H-pyrrole nitrogens is 1. The predicted molar refractivity (Wildman–Crippen MR) is 126 cm³/mol. The number of likely N-dealkylation sites (tertiary alicyclic amines) is 1. The Bertz CT molecular complexity index is 1260. The van der Waals surface area contributed by atoms with Crippen LogP contribution < -0.4 is 9.64 Å². The second kappa shape index (κ2) is 9.16. The number of pyridine rings is 1. The topological polar surface area (TPSA) is 78.5 Å². The standard InChI is InChI=1S/C26H24N4O3/c31-25(29-14-11-23(17-29)33-22-7-4-12-27-16-22)18-30(21-5-2-1-3-6-21)26(32)20-9-8-19-10-13-28-24(19)15-20/h1-10,12-13,15-16,23,28H,11,14,17-18H2/t23-/m1/s1. The summed E-state index contributed by atoms with van der Waals surface area (Å²) in [5.41, 5.74) is 2.10. The smallest absolute Gasteiger partial charge is 0.258 e. The van der Waals surface area contributed by atoms with Crippen LogP contribution in [0.3, 0.4) is 0 Å². The van der Waals surface area contributed by atoms with Crippen molar-refractivity contribution >= 4 is 28.4 Å². The number of anilines is 1. The summed E-state index contributed by atoms with van der Waals surface area (Å²) < 4.78 is 5.95. The molecule has 0 bridgehead atoms. The van der Waals surface area contributed by atoms with Crippen molar-refractivity contribution in [2.45, 2.75) is 12.5 Å². The predicted octanol–water partition coefficient (Wildman–Crippen LogP) is 3.89. The van der Waals surface area contributed by atoms with Gasteiger partial charge in [-0.25, -0.2) is 0 Å². The molecule has 0 unspecified atom stereocenters. The van der Waals surface area contributed by atoms with Gasteiger partial charge in [-0.05, 0) is 47.9 Å². The van der Waals surface area contributed by atoms with Gasteiger partial charge in [0, 0.05) is 42.1 Å². The fourth-order valence-corrected chi connectivity index (χ4v) is 4.12. The first-order valence-electron chi connectivity index (χ1n) is 11.0. The number of carbonyl (C=O) groups is 2. The van der Waals surface area contributed by atoms with E-state index in [1.54, 1.807) is 28.3 Å². The molecule has 0 radical (unpaired) electrons. The molecule has 1 saturated heterocycles. The van der Waals surface area contributed by atoms with Crippen LogP contribution in [0.25, 0.3) is 10.9 Å². The molecule has 33 heavy (non-hydrogen) atoms. The Morgan fingerprint density at radius 1 is 1.09 bits per heavy atom. The summed E-state index contributed by atoms with van der Waals surface area (Å²) in [7, 11) is 0. The third kappa shape index (κ3) is 4.57. The van der Waals surface area contributed by atoms with Crippen LogP contribution >= 0.6 is 0 Å². The third-order valence-corrected chi connectivity index (χ3v) is 5.84. The van der Waals surface area contributed by atoms with Gasteiger partial charge in [0.15, 0.2) is 0 Å². The van der Waals surface area contributed by atoms with E-state index < -0.39 is 0 Å². The number of fused-ring (bicyclic) bond motifs is 1. The van der Waals surface area contributed by atoms with Gasteiger partial charge >= 0.3 is 0 Å². The summed E-state index contributed by atoms with van der Waals surface area (Å²) in [5.74, 6) is 0.372. The van der Waals surface area contributed by atoms with Gasteiger partial charge in [0.1, 0.15) is 18.4 Å². The summed E-state index contributed by atoms with van der Waals surface area (Å²) in [5, 5.41) is 1.03. The first kappa shape index (κ1) is 20.8. The van der Waals surface area contributed by atoms with E-state index >= 15 is 0 Å². The van der Waals surface area contributed by atoms with Crippen molar-refractivity contribution in [2.24, 2.45) is 0 Å². The van der Waals surface area contributed by atoms with Gasteiger partial charge in [-0.15, -0.1) is 0 Å². The maximum absolute atomic E-state index is 13.5. The van der Waals surface area contributed by atoms with E-state index in [9.17, 15) is 9.59 Å². The zero-order valence-electron chi connectivity index (χ0n) is 18.1. The van der Waals surface area contributed by atoms with Gasteiger partial charge in [0.05, 0.1) is 12.7 Å². The lowest BCUT2D eigenvalue weighted by molar-refractivity contribution is -0.128. The molecule has 7 nitrogen and oxygen atoms in total. The van der Waals surface area contributed by atoms with Gasteiger partial charge in [-0.3, -0.25) is 19.5 Å². The average Bonchev–Trinajstić information content (AvgIpc) is 3.52. The fourth-order valence-electron chi connectivity index (χ4n) is 4.12. The van der Waals surface area contributed by atoms with Gasteiger partial charge in [-0.1, -0.05) is 24.3 Å². The van der Waals surface area contributed by atoms with Crippen LogP contribution in [0.15, 0.2) is 85.3 Å². The van der Waals surface area contributed by atoms with Crippen LogP contribution in [-0.2, 0) is 4.79 Å². The van der Waals surface area contributed by atoms with Gasteiger partial charge in [0.2, 0.25) is 5.91 Å². The Morgan fingerprint density at radius 3 is 2.79 bits per heavy atom. The molecule has 1 aliphatic rings. The van der Waals surface area contributed by atoms with E-state index in [2.05, 4.69) is 9.97 Å².